The normalized spacial score (nSPS) is 15.7. The van der Waals surface area contributed by atoms with Crippen LogP contribution in [0.1, 0.15) is 25.8 Å². The number of benzene rings is 4. The number of nitrogens with one attached hydrogen (secondary N) is 1. The Kier molecular flexibility index (Phi) is 11.2. The second-order valence-electron chi connectivity index (χ2n) is 12.7. The smallest absolute Gasteiger partial charge is 0.416 e. The number of piperazine rings is 1. The van der Waals surface area contributed by atoms with Gasteiger partial charge in [0.1, 0.15) is 19.0 Å². The molecule has 0 aromatic heterocycles. The van der Waals surface area contributed by atoms with Crippen molar-refractivity contribution in [3.8, 4) is 5.75 Å². The van der Waals surface area contributed by atoms with E-state index >= 15 is 0 Å². The molecule has 2 aliphatic rings. The maximum absolute atomic E-state index is 13.6. The second-order valence-corrected chi connectivity index (χ2v) is 13.8. The minimum absolute atomic E-state index is 0.154. The van der Waals surface area contributed by atoms with Crippen molar-refractivity contribution in [3.63, 3.8) is 0 Å². The number of para-hydroxylation sites is 1. The molecule has 1 saturated heterocycles. The summed E-state index contributed by atoms with van der Waals surface area (Å²) in [6.07, 6.45) is -3.59. The van der Waals surface area contributed by atoms with E-state index in [-0.39, 0.29) is 18.5 Å². The van der Waals surface area contributed by atoms with Crippen molar-refractivity contribution in [2.45, 2.75) is 36.2 Å². The van der Waals surface area contributed by atoms with Gasteiger partial charge in [-0.1, -0.05) is 42.1 Å². The molecule has 0 saturated carbocycles. The van der Waals surface area contributed by atoms with Gasteiger partial charge in [-0.2, -0.15) is 13.2 Å². The topological polar surface area (TPSA) is 74.3 Å². The Hall–Kier alpha value is -4.26. The number of halogens is 3. The number of alkyl halides is 3. The Morgan fingerprint density at radius 1 is 0.860 bits per heavy atom. The van der Waals surface area contributed by atoms with Gasteiger partial charge in [0.05, 0.1) is 22.9 Å². The molecule has 264 valence electrons. The fourth-order valence-corrected chi connectivity index (χ4v) is 7.36. The number of anilines is 3. The van der Waals surface area contributed by atoms with Gasteiger partial charge < -0.3 is 24.6 Å². The van der Waals surface area contributed by atoms with Crippen LogP contribution < -0.4 is 15.0 Å². The number of carbonyl (C=O) groups excluding carboxylic acids is 2. The summed E-state index contributed by atoms with van der Waals surface area (Å²) >= 11 is 1.51. The van der Waals surface area contributed by atoms with Crippen LogP contribution in [-0.2, 0) is 20.5 Å². The second kappa shape index (κ2) is 15.7. The van der Waals surface area contributed by atoms with Crippen LogP contribution in [0.2, 0.25) is 0 Å². The summed E-state index contributed by atoms with van der Waals surface area (Å²) in [5, 5.41) is 4.60. The molecule has 0 spiro atoms. The SMILES string of the molecule is CC(=O)Nc1ccc2cccc(OCC(C)C(=O)OCCN3CCN(CCCN4c5ccccc5Sc5ccc(C(F)(F)F)cc54)CC3)c2c1. The zero-order chi connectivity index (χ0) is 35.3. The third kappa shape index (κ3) is 8.72. The summed E-state index contributed by atoms with van der Waals surface area (Å²) in [5.74, 6) is -0.298. The van der Waals surface area contributed by atoms with Gasteiger partial charge >= 0.3 is 12.1 Å². The fraction of sp³-hybridized carbons (Fsp3) is 0.368. The summed E-state index contributed by atoms with van der Waals surface area (Å²) in [6.45, 7) is 9.23. The van der Waals surface area contributed by atoms with E-state index in [1.54, 1.807) is 13.0 Å². The van der Waals surface area contributed by atoms with Crippen LogP contribution in [0, 0.1) is 5.92 Å². The number of amides is 1. The monoisotopic (exact) mass is 706 g/mol. The first-order valence-corrected chi connectivity index (χ1v) is 17.7. The molecule has 8 nitrogen and oxygen atoms in total. The van der Waals surface area contributed by atoms with E-state index in [2.05, 4.69) is 15.1 Å². The number of fused-ring (bicyclic) bond motifs is 3. The Morgan fingerprint density at radius 2 is 1.60 bits per heavy atom. The first-order chi connectivity index (χ1) is 24.0. The van der Waals surface area contributed by atoms with Crippen LogP contribution in [0.15, 0.2) is 88.7 Å². The van der Waals surface area contributed by atoms with Crippen molar-refractivity contribution in [2.24, 2.45) is 5.92 Å². The highest BCUT2D eigenvalue weighted by atomic mass is 32.2. The van der Waals surface area contributed by atoms with Gasteiger partial charge in [-0.3, -0.25) is 14.5 Å². The Bertz CT molecular complexity index is 1830. The van der Waals surface area contributed by atoms with Crippen LogP contribution in [0.25, 0.3) is 10.8 Å². The zero-order valence-corrected chi connectivity index (χ0v) is 29.0. The molecule has 4 aromatic carbocycles. The molecule has 1 atom stereocenters. The molecule has 6 rings (SSSR count). The molecule has 0 bridgehead atoms. The van der Waals surface area contributed by atoms with Crippen molar-refractivity contribution < 1.29 is 32.2 Å². The molecule has 0 aliphatic carbocycles. The van der Waals surface area contributed by atoms with Crippen molar-refractivity contribution in [2.75, 3.05) is 69.2 Å². The fourth-order valence-electron chi connectivity index (χ4n) is 6.29. The van der Waals surface area contributed by atoms with Gasteiger partial charge in [0, 0.05) is 67.1 Å². The molecule has 2 heterocycles. The Balaban J connectivity index is 0.926. The number of esters is 1. The highest BCUT2D eigenvalue weighted by Gasteiger charge is 2.33. The first-order valence-electron chi connectivity index (χ1n) is 16.9. The molecule has 50 heavy (non-hydrogen) atoms. The molecule has 0 radical (unpaired) electrons. The van der Waals surface area contributed by atoms with Crippen molar-refractivity contribution in [1.29, 1.82) is 0 Å². The van der Waals surface area contributed by atoms with Crippen molar-refractivity contribution in [3.05, 3.63) is 84.4 Å². The quantitative estimate of drug-likeness (QED) is 0.151. The summed E-state index contributed by atoms with van der Waals surface area (Å²) < 4.78 is 52.3. The molecular formula is C38H41F3N4O4S. The Labute approximate surface area is 294 Å². The molecule has 1 N–H and O–H groups in total. The highest BCUT2D eigenvalue weighted by molar-refractivity contribution is 7.99. The summed E-state index contributed by atoms with van der Waals surface area (Å²) in [4.78, 5) is 32.8. The average Bonchev–Trinajstić information content (AvgIpc) is 3.10. The molecule has 4 aromatic rings. The van der Waals surface area contributed by atoms with E-state index < -0.39 is 17.7 Å². The van der Waals surface area contributed by atoms with Gasteiger partial charge in [0.25, 0.3) is 0 Å². The number of carbonyl (C=O) groups is 2. The lowest BCUT2D eigenvalue weighted by atomic mass is 10.1. The number of nitrogens with zero attached hydrogens (tertiary/aromatic N) is 3. The molecular weight excluding hydrogens is 666 g/mol. The van der Waals surface area contributed by atoms with E-state index in [9.17, 15) is 22.8 Å². The first kappa shape index (κ1) is 35.6. The van der Waals surface area contributed by atoms with Gasteiger partial charge in [0.15, 0.2) is 0 Å². The van der Waals surface area contributed by atoms with Crippen LogP contribution in [-0.4, -0.2) is 80.7 Å². The summed E-state index contributed by atoms with van der Waals surface area (Å²) in [5.41, 5.74) is 1.59. The molecule has 12 heteroatoms. The maximum atomic E-state index is 13.6. The minimum atomic E-state index is -4.40. The average molecular weight is 707 g/mol. The number of ether oxygens (including phenoxy) is 2. The lowest BCUT2D eigenvalue weighted by Gasteiger charge is -2.36. The lowest BCUT2D eigenvalue weighted by Crippen LogP contribution is -2.47. The van der Waals surface area contributed by atoms with Gasteiger partial charge in [-0.05, 0) is 73.8 Å². The standard InChI is InChI=1S/C38H41F3N4O4S/c1-26(25-49-34-9-5-7-28-11-13-30(24-31(28)34)42-27(2)46)37(47)48-22-21-44-19-17-43(18-20-44)15-6-16-45-32-8-3-4-10-35(32)50-36-14-12-29(23-33(36)45)38(39,40)41/h3-5,7-14,23-24,26H,6,15-22,25H2,1-2H3,(H,42,46). The van der Waals surface area contributed by atoms with Gasteiger partial charge in [-0.15, -0.1) is 0 Å². The minimum Gasteiger partial charge on any atom is -0.492 e. The third-order valence-electron chi connectivity index (χ3n) is 8.98. The molecule has 1 unspecified atom stereocenters. The predicted octanol–water partition coefficient (Wildman–Crippen LogP) is 7.69. The van der Waals surface area contributed by atoms with E-state index in [4.69, 9.17) is 9.47 Å². The molecule has 1 fully saturated rings. The van der Waals surface area contributed by atoms with Gasteiger partial charge in [0.2, 0.25) is 5.91 Å². The van der Waals surface area contributed by atoms with E-state index in [1.165, 1.54) is 24.8 Å². The maximum Gasteiger partial charge on any atom is 0.416 e. The number of hydrogen-bond donors (Lipinski definition) is 1. The number of hydrogen-bond acceptors (Lipinski definition) is 8. The highest BCUT2D eigenvalue weighted by Crippen LogP contribution is 2.49. The largest absolute Gasteiger partial charge is 0.492 e. The van der Waals surface area contributed by atoms with E-state index in [0.717, 1.165) is 71.5 Å². The van der Waals surface area contributed by atoms with E-state index in [0.29, 0.717) is 36.8 Å². The predicted molar refractivity (Wildman–Crippen MR) is 190 cm³/mol. The zero-order valence-electron chi connectivity index (χ0n) is 28.2. The third-order valence-corrected chi connectivity index (χ3v) is 10.1. The van der Waals surface area contributed by atoms with Crippen LogP contribution in [0.3, 0.4) is 0 Å². The lowest BCUT2D eigenvalue weighted by molar-refractivity contribution is -0.149. The summed E-state index contributed by atoms with van der Waals surface area (Å²) in [7, 11) is 0. The molecule has 2 aliphatic heterocycles. The van der Waals surface area contributed by atoms with Gasteiger partial charge in [-0.25, -0.2) is 0 Å². The van der Waals surface area contributed by atoms with Crippen molar-refractivity contribution >= 4 is 51.5 Å². The van der Waals surface area contributed by atoms with E-state index in [1.807, 2.05) is 65.6 Å². The van der Waals surface area contributed by atoms with Crippen molar-refractivity contribution in [1.82, 2.24) is 9.80 Å². The summed E-state index contributed by atoms with van der Waals surface area (Å²) in [6, 6.07) is 23.2. The number of rotatable bonds is 12. The Morgan fingerprint density at radius 3 is 2.36 bits per heavy atom. The molecule has 1 amide bonds. The van der Waals surface area contributed by atoms with Crippen LogP contribution in [0.4, 0.5) is 30.2 Å². The van der Waals surface area contributed by atoms with Crippen LogP contribution >= 0.6 is 11.8 Å². The van der Waals surface area contributed by atoms with Crippen LogP contribution in [0.5, 0.6) is 5.75 Å².